The first kappa shape index (κ1) is 13.9. The molecule has 0 spiro atoms. The molecular weight excluding hydrogens is 290 g/mol. The molecule has 0 saturated carbocycles. The number of ether oxygens (including phenoxy) is 2. The van der Waals surface area contributed by atoms with E-state index in [9.17, 15) is 20.1 Å². The summed E-state index contributed by atoms with van der Waals surface area (Å²) in [6.45, 7) is 0.912. The van der Waals surface area contributed by atoms with E-state index in [0.29, 0.717) is 30.4 Å². The fourth-order valence-electron chi connectivity index (χ4n) is 2.06. The first-order valence-corrected chi connectivity index (χ1v) is 6.50. The van der Waals surface area contributed by atoms with Crippen molar-refractivity contribution in [1.29, 1.82) is 0 Å². The lowest BCUT2D eigenvalue weighted by Crippen LogP contribution is -2.16. The predicted molar refractivity (Wildman–Crippen MR) is 76.8 cm³/mol. The molecule has 1 aliphatic heterocycles. The minimum absolute atomic E-state index is 0.00249. The Bertz CT molecular complexity index is 720. The molecule has 2 aromatic rings. The van der Waals surface area contributed by atoms with Gasteiger partial charge in [0.15, 0.2) is 28.7 Å². The van der Waals surface area contributed by atoms with Crippen molar-refractivity contribution >= 4 is 11.6 Å². The fourth-order valence-corrected chi connectivity index (χ4v) is 2.06. The van der Waals surface area contributed by atoms with Crippen molar-refractivity contribution in [3.63, 3.8) is 0 Å². The van der Waals surface area contributed by atoms with Gasteiger partial charge < -0.3 is 30.1 Å². The molecule has 22 heavy (non-hydrogen) atoms. The van der Waals surface area contributed by atoms with E-state index in [2.05, 4.69) is 5.32 Å². The zero-order chi connectivity index (χ0) is 15.7. The van der Waals surface area contributed by atoms with E-state index >= 15 is 0 Å². The number of phenolic OH excluding ortho intramolecular Hbond substituents is 3. The third kappa shape index (κ3) is 2.56. The van der Waals surface area contributed by atoms with Crippen LogP contribution >= 0.6 is 0 Å². The number of rotatable bonds is 2. The monoisotopic (exact) mass is 303 g/mol. The van der Waals surface area contributed by atoms with Gasteiger partial charge in [0, 0.05) is 17.3 Å². The number of carbonyl (C=O) groups excluding carboxylic acids is 1. The zero-order valence-electron chi connectivity index (χ0n) is 11.4. The molecule has 7 heteroatoms. The van der Waals surface area contributed by atoms with Crippen LogP contribution in [0.3, 0.4) is 0 Å². The quantitative estimate of drug-likeness (QED) is 0.630. The van der Waals surface area contributed by atoms with E-state index in [0.717, 1.165) is 12.1 Å². The number of phenols is 3. The van der Waals surface area contributed by atoms with Crippen LogP contribution in [0, 0.1) is 0 Å². The number of carbonyl (C=O) groups is 1. The van der Waals surface area contributed by atoms with E-state index < -0.39 is 23.2 Å². The number of benzene rings is 2. The molecule has 0 aromatic heterocycles. The van der Waals surface area contributed by atoms with Gasteiger partial charge in [-0.3, -0.25) is 4.79 Å². The highest BCUT2D eigenvalue weighted by molar-refractivity contribution is 6.05. The molecule has 0 bridgehead atoms. The van der Waals surface area contributed by atoms with Gasteiger partial charge in [-0.25, -0.2) is 0 Å². The Hall–Kier alpha value is -3.09. The summed E-state index contributed by atoms with van der Waals surface area (Å²) in [6.07, 6.45) is 0. The molecule has 4 N–H and O–H groups in total. The maximum atomic E-state index is 12.1. The molecule has 7 nitrogen and oxygen atoms in total. The smallest absolute Gasteiger partial charge is 0.255 e. The average Bonchev–Trinajstić information content (AvgIpc) is 2.52. The van der Waals surface area contributed by atoms with Gasteiger partial charge in [-0.15, -0.1) is 0 Å². The molecule has 0 radical (unpaired) electrons. The summed E-state index contributed by atoms with van der Waals surface area (Å²) in [6, 6.07) is 7.05. The first-order chi connectivity index (χ1) is 10.5. The number of aromatic hydroxyl groups is 3. The summed E-state index contributed by atoms with van der Waals surface area (Å²) in [4.78, 5) is 12.1. The van der Waals surface area contributed by atoms with Gasteiger partial charge in [-0.1, -0.05) is 0 Å². The van der Waals surface area contributed by atoms with Crippen molar-refractivity contribution in [1.82, 2.24) is 0 Å². The van der Waals surface area contributed by atoms with Crippen LogP contribution in [0.4, 0.5) is 5.69 Å². The zero-order valence-corrected chi connectivity index (χ0v) is 11.4. The highest BCUT2D eigenvalue weighted by Crippen LogP contribution is 2.36. The van der Waals surface area contributed by atoms with E-state index in [1.165, 1.54) is 0 Å². The molecule has 0 atom stereocenters. The Morgan fingerprint density at radius 1 is 0.955 bits per heavy atom. The van der Waals surface area contributed by atoms with Crippen LogP contribution in [-0.4, -0.2) is 34.4 Å². The van der Waals surface area contributed by atoms with Crippen LogP contribution in [-0.2, 0) is 0 Å². The summed E-state index contributed by atoms with van der Waals surface area (Å²) in [5, 5.41) is 30.7. The van der Waals surface area contributed by atoms with Crippen molar-refractivity contribution in [2.45, 2.75) is 0 Å². The second kappa shape index (κ2) is 5.36. The molecule has 0 unspecified atom stereocenters. The van der Waals surface area contributed by atoms with Crippen LogP contribution in [0.25, 0.3) is 0 Å². The number of amides is 1. The van der Waals surface area contributed by atoms with E-state index in [1.807, 2.05) is 0 Å². The lowest BCUT2D eigenvalue weighted by molar-refractivity contribution is 0.102. The third-order valence-corrected chi connectivity index (χ3v) is 3.13. The van der Waals surface area contributed by atoms with E-state index in [-0.39, 0.29) is 5.56 Å². The Labute approximate surface area is 125 Å². The van der Waals surface area contributed by atoms with Gasteiger partial charge >= 0.3 is 0 Å². The number of hydrogen-bond acceptors (Lipinski definition) is 6. The Kier molecular flexibility index (Phi) is 3.38. The highest BCUT2D eigenvalue weighted by Gasteiger charge is 2.16. The van der Waals surface area contributed by atoms with Gasteiger partial charge in [0.05, 0.1) is 0 Å². The fraction of sp³-hybridized carbons (Fsp3) is 0.133. The Balaban J connectivity index is 1.82. The predicted octanol–water partition coefficient (Wildman–Crippen LogP) is 1.83. The molecule has 114 valence electrons. The lowest BCUT2D eigenvalue weighted by Gasteiger charge is -2.19. The highest BCUT2D eigenvalue weighted by atomic mass is 16.6. The molecule has 1 heterocycles. The molecule has 1 aliphatic rings. The average molecular weight is 303 g/mol. The van der Waals surface area contributed by atoms with Crippen molar-refractivity contribution in [3.05, 3.63) is 35.9 Å². The lowest BCUT2D eigenvalue weighted by atomic mass is 10.1. The standard InChI is InChI=1S/C15H13NO6/c17-10-5-8(6-11(18)14(10)19)15(20)16-9-1-2-12-13(7-9)22-4-3-21-12/h1-2,5-7,17-19H,3-4H2,(H,16,20). The summed E-state index contributed by atoms with van der Waals surface area (Å²) in [7, 11) is 0. The Morgan fingerprint density at radius 3 is 2.27 bits per heavy atom. The molecule has 0 fully saturated rings. The normalized spacial score (nSPS) is 12.7. The molecule has 1 amide bonds. The summed E-state index contributed by atoms with van der Waals surface area (Å²) in [5.74, 6) is -1.25. The summed E-state index contributed by atoms with van der Waals surface area (Å²) in [5.41, 5.74) is 0.476. The first-order valence-electron chi connectivity index (χ1n) is 6.50. The van der Waals surface area contributed by atoms with Crippen LogP contribution in [0.1, 0.15) is 10.4 Å². The van der Waals surface area contributed by atoms with Crippen molar-refractivity contribution in [2.24, 2.45) is 0 Å². The second-order valence-corrected chi connectivity index (χ2v) is 4.68. The van der Waals surface area contributed by atoms with Crippen LogP contribution in [0.15, 0.2) is 30.3 Å². The van der Waals surface area contributed by atoms with Crippen molar-refractivity contribution in [3.8, 4) is 28.7 Å². The molecular formula is C15H13NO6. The van der Waals surface area contributed by atoms with E-state index in [4.69, 9.17) is 9.47 Å². The number of anilines is 1. The largest absolute Gasteiger partial charge is 0.504 e. The molecule has 3 rings (SSSR count). The van der Waals surface area contributed by atoms with Gasteiger partial charge in [-0.05, 0) is 24.3 Å². The van der Waals surface area contributed by atoms with Crippen molar-refractivity contribution in [2.75, 3.05) is 18.5 Å². The van der Waals surface area contributed by atoms with Gasteiger partial charge in [0.25, 0.3) is 5.91 Å². The SMILES string of the molecule is O=C(Nc1ccc2c(c1)OCCO2)c1cc(O)c(O)c(O)c1. The number of hydrogen-bond donors (Lipinski definition) is 4. The third-order valence-electron chi connectivity index (χ3n) is 3.13. The Morgan fingerprint density at radius 2 is 1.59 bits per heavy atom. The minimum Gasteiger partial charge on any atom is -0.504 e. The van der Waals surface area contributed by atoms with Gasteiger partial charge in [-0.2, -0.15) is 0 Å². The molecule has 2 aromatic carbocycles. The van der Waals surface area contributed by atoms with Crippen LogP contribution in [0.5, 0.6) is 28.7 Å². The summed E-state index contributed by atoms with van der Waals surface area (Å²) < 4.78 is 10.8. The second-order valence-electron chi connectivity index (χ2n) is 4.68. The maximum absolute atomic E-state index is 12.1. The van der Waals surface area contributed by atoms with Gasteiger partial charge in [0.2, 0.25) is 0 Å². The maximum Gasteiger partial charge on any atom is 0.255 e. The number of fused-ring (bicyclic) bond motifs is 1. The topological polar surface area (TPSA) is 108 Å². The summed E-state index contributed by atoms with van der Waals surface area (Å²) >= 11 is 0. The van der Waals surface area contributed by atoms with Crippen LogP contribution in [0.2, 0.25) is 0 Å². The van der Waals surface area contributed by atoms with Crippen LogP contribution < -0.4 is 14.8 Å². The molecule has 0 aliphatic carbocycles. The number of nitrogens with one attached hydrogen (secondary N) is 1. The minimum atomic E-state index is -0.670. The van der Waals surface area contributed by atoms with Gasteiger partial charge in [0.1, 0.15) is 13.2 Å². The van der Waals surface area contributed by atoms with Crippen molar-refractivity contribution < 1.29 is 29.6 Å². The van der Waals surface area contributed by atoms with E-state index in [1.54, 1.807) is 18.2 Å². The molecule has 0 saturated heterocycles.